The molecule has 6 N–H and O–H groups in total. The third-order valence-electron chi connectivity index (χ3n) is 12.0. The average molecular weight is 772 g/mol. The number of rotatable bonds is 7. The first-order valence-corrected chi connectivity index (χ1v) is 18.9. The highest BCUT2D eigenvalue weighted by atomic mass is 32.1. The Morgan fingerprint density at radius 1 is 1.04 bits per heavy atom. The number of ketones is 1. The van der Waals surface area contributed by atoms with Gasteiger partial charge in [0.15, 0.2) is 11.9 Å². The van der Waals surface area contributed by atoms with Crippen LogP contribution in [0.4, 0.5) is 4.79 Å². The minimum Gasteiger partial charge on any atom is -0.456 e. The Kier molecular flexibility index (Phi) is 10.2. The number of ether oxygens (including phenoxy) is 4. The first-order valence-electron chi connectivity index (χ1n) is 17.9. The Morgan fingerprint density at radius 2 is 1.70 bits per heavy atom. The number of aliphatic hydroxyl groups excluding tert-OH is 3. The Hall–Kier alpha value is -3.70. The van der Waals surface area contributed by atoms with Gasteiger partial charge in [0.05, 0.1) is 35.8 Å². The highest BCUT2D eigenvalue weighted by Crippen LogP contribution is 2.63. The number of hydrogen-bond donors (Lipinski definition) is 6. The summed E-state index contributed by atoms with van der Waals surface area (Å²) in [5.74, 6) is -4.53. The average Bonchev–Trinajstić information content (AvgIpc) is 3.63. The first kappa shape index (κ1) is 40.0. The van der Waals surface area contributed by atoms with Crippen LogP contribution in [0.2, 0.25) is 0 Å². The topological polar surface area (TPSA) is 218 Å². The normalized spacial score (nSPS) is 35.5. The molecule has 2 heterocycles. The van der Waals surface area contributed by atoms with Gasteiger partial charge in [0.25, 0.3) is 0 Å². The van der Waals surface area contributed by atoms with E-state index in [1.807, 2.05) is 0 Å². The molecule has 11 atom stereocenters. The highest BCUT2D eigenvalue weighted by molar-refractivity contribution is 7.08. The largest absolute Gasteiger partial charge is 0.456 e. The molecule has 0 radical (unpaired) electrons. The Bertz CT molecular complexity index is 1820. The molecule has 0 spiro atoms. The molecule has 1 saturated heterocycles. The molecule has 4 aliphatic rings. The third kappa shape index (κ3) is 6.36. The van der Waals surface area contributed by atoms with Crippen LogP contribution in [0.5, 0.6) is 0 Å². The molecule has 2 saturated carbocycles. The van der Waals surface area contributed by atoms with E-state index in [0.717, 1.165) is 0 Å². The van der Waals surface area contributed by atoms with E-state index in [-0.39, 0.29) is 29.7 Å². The van der Waals surface area contributed by atoms with Crippen molar-refractivity contribution in [3.63, 3.8) is 0 Å². The number of hydrogen-bond acceptors (Lipinski definition) is 14. The number of benzene rings is 1. The Morgan fingerprint density at radius 3 is 2.28 bits per heavy atom. The maximum absolute atomic E-state index is 14.7. The number of carbonyl (C=O) groups is 4. The predicted molar refractivity (Wildman–Crippen MR) is 192 cm³/mol. The summed E-state index contributed by atoms with van der Waals surface area (Å²) in [7, 11) is 0. The van der Waals surface area contributed by atoms with Crippen LogP contribution >= 0.6 is 11.3 Å². The minimum absolute atomic E-state index is 0.0404. The van der Waals surface area contributed by atoms with Gasteiger partial charge in [-0.15, -0.1) is 0 Å². The Balaban J connectivity index is 1.45. The molecule has 2 bridgehead atoms. The standard InChI is InChI=1S/C39H49NO13S/c1-19-22(51-33(46)28(43)26(21-13-14-54-17-21)40-34(47)53-35(2,3)4)16-39(49)31(52-32(45)20-11-9-8-10-12-20)29-37(7,23(41)15-24-38(29,48)18-50-24)30(44)27(42)25(19)36(39,5)6/h8-14,17,22-24,26-29,31,41-43,48-49H,15-16,18H2,1-7H3,(H,40,47)/t22?,23-,24+,26-,27+,28+,29-,31-,37+,38-,39+/m0/s1. The van der Waals surface area contributed by atoms with E-state index < -0.39 is 106 Å². The van der Waals surface area contributed by atoms with Crippen molar-refractivity contribution in [3.05, 3.63) is 69.4 Å². The Labute approximate surface area is 317 Å². The van der Waals surface area contributed by atoms with Crippen LogP contribution in [0.1, 0.15) is 83.3 Å². The second-order valence-electron chi connectivity index (χ2n) is 16.7. The van der Waals surface area contributed by atoms with Crippen molar-refractivity contribution >= 4 is 35.2 Å². The van der Waals surface area contributed by atoms with Gasteiger partial charge in [-0.25, -0.2) is 14.4 Å². The lowest BCUT2D eigenvalue weighted by Crippen LogP contribution is -2.81. The summed E-state index contributed by atoms with van der Waals surface area (Å²) in [5.41, 5.74) is -8.01. The van der Waals surface area contributed by atoms with Gasteiger partial charge in [0.2, 0.25) is 0 Å². The fraction of sp³-hybridized carbons (Fsp3) is 0.590. The summed E-state index contributed by atoms with van der Waals surface area (Å²) in [6.45, 7) is 10.6. The van der Waals surface area contributed by atoms with Crippen molar-refractivity contribution < 1.29 is 63.7 Å². The number of alkyl carbamates (subject to hydrolysis) is 1. The first-order chi connectivity index (χ1) is 25.1. The zero-order valence-electron chi connectivity index (χ0n) is 31.3. The van der Waals surface area contributed by atoms with E-state index in [0.29, 0.717) is 5.56 Å². The lowest BCUT2D eigenvalue weighted by Gasteiger charge is -2.66. The number of nitrogens with one attached hydrogen (secondary N) is 1. The summed E-state index contributed by atoms with van der Waals surface area (Å²) >= 11 is 1.26. The molecule has 15 heteroatoms. The number of fused-ring (bicyclic) bond motifs is 5. The second-order valence-corrected chi connectivity index (χ2v) is 17.4. The lowest BCUT2D eigenvalue weighted by atomic mass is 9.44. The molecule has 1 aromatic heterocycles. The number of thiophene rings is 1. The molecule has 2 aromatic rings. The molecular weight excluding hydrogens is 722 g/mol. The molecule has 6 rings (SSSR count). The summed E-state index contributed by atoms with van der Waals surface area (Å²) < 4.78 is 23.1. The fourth-order valence-corrected chi connectivity index (χ4v) is 9.65. The monoisotopic (exact) mass is 771 g/mol. The van der Waals surface area contributed by atoms with Crippen LogP contribution in [-0.4, -0.2) is 109 Å². The molecular formula is C39H49NO13S. The van der Waals surface area contributed by atoms with Crippen molar-refractivity contribution in [2.24, 2.45) is 16.7 Å². The summed E-state index contributed by atoms with van der Waals surface area (Å²) in [6.07, 6.45) is -11.2. The van der Waals surface area contributed by atoms with Gasteiger partial charge in [-0.05, 0) is 80.3 Å². The number of amides is 1. The van der Waals surface area contributed by atoms with E-state index in [9.17, 15) is 44.7 Å². The number of carbonyl (C=O) groups excluding carboxylic acids is 4. The fourth-order valence-electron chi connectivity index (χ4n) is 8.95. The van der Waals surface area contributed by atoms with Gasteiger partial charge in [0, 0.05) is 24.2 Å². The van der Waals surface area contributed by atoms with Gasteiger partial charge in [-0.3, -0.25) is 4.79 Å². The van der Waals surface area contributed by atoms with E-state index in [1.54, 1.807) is 69.6 Å². The summed E-state index contributed by atoms with van der Waals surface area (Å²) in [4.78, 5) is 55.3. The van der Waals surface area contributed by atoms with Crippen molar-refractivity contribution in [3.8, 4) is 0 Å². The maximum atomic E-state index is 14.7. The van der Waals surface area contributed by atoms with Crippen LogP contribution in [0, 0.1) is 16.7 Å². The maximum Gasteiger partial charge on any atom is 0.408 e. The molecule has 1 amide bonds. The van der Waals surface area contributed by atoms with E-state index in [4.69, 9.17) is 18.9 Å². The van der Waals surface area contributed by atoms with Crippen LogP contribution in [-0.2, 0) is 28.5 Å². The van der Waals surface area contributed by atoms with Crippen LogP contribution in [0.25, 0.3) is 0 Å². The zero-order chi connectivity index (χ0) is 39.8. The molecule has 1 aliphatic heterocycles. The smallest absolute Gasteiger partial charge is 0.408 e. The van der Waals surface area contributed by atoms with Gasteiger partial charge < -0.3 is 49.8 Å². The lowest BCUT2D eigenvalue weighted by molar-refractivity contribution is -0.343. The predicted octanol–water partition coefficient (Wildman–Crippen LogP) is 2.75. The number of aliphatic hydroxyl groups is 5. The van der Waals surface area contributed by atoms with Crippen molar-refractivity contribution in [1.29, 1.82) is 0 Å². The van der Waals surface area contributed by atoms with Crippen molar-refractivity contribution in [2.45, 2.75) is 121 Å². The molecule has 3 aliphatic carbocycles. The molecule has 14 nitrogen and oxygen atoms in total. The zero-order valence-corrected chi connectivity index (χ0v) is 32.1. The van der Waals surface area contributed by atoms with Gasteiger partial charge >= 0.3 is 18.0 Å². The summed E-state index contributed by atoms with van der Waals surface area (Å²) in [6, 6.07) is 8.18. The molecule has 3 fully saturated rings. The van der Waals surface area contributed by atoms with E-state index in [2.05, 4.69) is 5.32 Å². The molecule has 54 heavy (non-hydrogen) atoms. The van der Waals surface area contributed by atoms with Crippen molar-refractivity contribution in [1.82, 2.24) is 5.32 Å². The third-order valence-corrected chi connectivity index (χ3v) is 12.7. The minimum atomic E-state index is -2.30. The number of esters is 2. The van der Waals surface area contributed by atoms with Crippen LogP contribution in [0.15, 0.2) is 58.3 Å². The summed E-state index contributed by atoms with van der Waals surface area (Å²) in [5, 5.41) is 66.3. The highest BCUT2D eigenvalue weighted by Gasteiger charge is 2.76. The van der Waals surface area contributed by atoms with E-state index in [1.165, 1.54) is 37.3 Å². The molecule has 1 aromatic carbocycles. The van der Waals surface area contributed by atoms with E-state index >= 15 is 0 Å². The quantitative estimate of drug-likeness (QED) is 0.136. The molecule has 294 valence electrons. The second kappa shape index (κ2) is 13.8. The number of Topliss-reactive ketones (excluding diaryl/α,β-unsaturated/α-hetero) is 1. The van der Waals surface area contributed by atoms with Crippen LogP contribution in [0.3, 0.4) is 0 Å². The van der Waals surface area contributed by atoms with Gasteiger partial charge in [0.1, 0.15) is 35.1 Å². The van der Waals surface area contributed by atoms with Crippen molar-refractivity contribution in [2.75, 3.05) is 6.61 Å². The molecule has 1 unspecified atom stereocenters. The SMILES string of the molecule is CC1=C2[C@@H](O)C(=O)[C@@]3(C)[C@H]([C@H](OC(=O)c4ccccc4)[C@](O)(CC1OC(=O)[C@H](O)[C@@H](NC(=O)OC(C)(C)C)c1ccsc1)C2(C)C)[C@]1(O)CO[C@@H]1C[C@@H]3O. The van der Waals surface area contributed by atoms with Crippen LogP contribution < -0.4 is 5.32 Å². The van der Waals surface area contributed by atoms with Gasteiger partial charge in [-0.2, -0.15) is 11.3 Å². The van der Waals surface area contributed by atoms with Gasteiger partial charge in [-0.1, -0.05) is 32.0 Å².